The van der Waals surface area contributed by atoms with Crippen LogP contribution in [0.5, 0.6) is 0 Å². The number of nitrogens with zero attached hydrogens (tertiary/aromatic N) is 1. The molecular weight excluding hydrogens is 470 g/mol. The second kappa shape index (κ2) is 7.61. The summed E-state index contributed by atoms with van der Waals surface area (Å²) in [7, 11) is 0. The summed E-state index contributed by atoms with van der Waals surface area (Å²) in [5.41, 5.74) is 12.0. The summed E-state index contributed by atoms with van der Waals surface area (Å²) in [6.45, 7) is 9.72. The van der Waals surface area contributed by atoms with E-state index in [0.29, 0.717) is 0 Å². The molecule has 0 amide bonds. The van der Waals surface area contributed by atoms with E-state index < -0.39 is 0 Å². The Morgan fingerprint density at radius 2 is 1.05 bits per heavy atom. The van der Waals surface area contributed by atoms with Gasteiger partial charge in [0, 0.05) is 27.6 Å². The molecule has 0 unspecified atom stereocenters. The smallest absolute Gasteiger partial charge is 0.0587 e. The van der Waals surface area contributed by atoms with E-state index in [9.17, 15) is 0 Å². The number of hydrogen-bond donors (Lipinski definition) is 0. The molecule has 0 saturated carbocycles. The Kier molecular flexibility index (Phi) is 4.41. The van der Waals surface area contributed by atoms with Gasteiger partial charge in [-0.15, -0.1) is 0 Å². The van der Waals surface area contributed by atoms with Gasteiger partial charge in [0.2, 0.25) is 0 Å². The maximum absolute atomic E-state index is 2.50. The maximum Gasteiger partial charge on any atom is 0.0587 e. The lowest BCUT2D eigenvalue weighted by Crippen LogP contribution is -2.26. The first-order chi connectivity index (χ1) is 18.9. The Bertz CT molecular complexity index is 1910. The first-order valence-electron chi connectivity index (χ1n) is 14.0. The van der Waals surface area contributed by atoms with E-state index in [1.807, 2.05) is 0 Å². The quantitative estimate of drug-likeness (QED) is 0.233. The van der Waals surface area contributed by atoms with E-state index in [2.05, 4.69) is 148 Å². The number of hydrogen-bond acceptors (Lipinski definition) is 1. The lowest BCUT2D eigenvalue weighted by atomic mass is 9.66. The first kappa shape index (κ1) is 22.6. The lowest BCUT2D eigenvalue weighted by Gasteiger charge is -2.39. The average molecular weight is 502 g/mol. The van der Waals surface area contributed by atoms with Gasteiger partial charge in [-0.25, -0.2) is 0 Å². The molecule has 0 N–H and O–H groups in total. The summed E-state index contributed by atoms with van der Waals surface area (Å²) in [6, 6.07) is 42.5. The third kappa shape index (κ3) is 2.80. The van der Waals surface area contributed by atoms with Crippen LogP contribution in [0.15, 0.2) is 115 Å². The van der Waals surface area contributed by atoms with Gasteiger partial charge in [-0.05, 0) is 73.8 Å². The lowest BCUT2D eigenvalue weighted by molar-refractivity contribution is 0.645. The van der Waals surface area contributed by atoms with Gasteiger partial charge in [-0.2, -0.15) is 0 Å². The molecule has 0 atom stereocenters. The minimum atomic E-state index is -0.164. The van der Waals surface area contributed by atoms with Crippen LogP contribution >= 0.6 is 0 Å². The van der Waals surface area contributed by atoms with Crippen LogP contribution in [0.1, 0.15) is 49.9 Å². The van der Waals surface area contributed by atoms with Crippen molar-refractivity contribution in [3.63, 3.8) is 0 Å². The zero-order valence-corrected chi connectivity index (χ0v) is 22.9. The Morgan fingerprint density at radius 3 is 1.72 bits per heavy atom. The average Bonchev–Trinajstić information content (AvgIpc) is 3.20. The molecule has 0 heterocycles. The normalized spacial score (nSPS) is 15.6. The Labute approximate surface area is 230 Å². The van der Waals surface area contributed by atoms with Crippen LogP contribution in [0.4, 0.5) is 17.1 Å². The van der Waals surface area contributed by atoms with E-state index in [1.165, 1.54) is 72.0 Å². The zero-order valence-electron chi connectivity index (χ0n) is 22.9. The molecule has 8 rings (SSSR count). The molecule has 0 aromatic heterocycles. The molecule has 1 heteroatoms. The summed E-state index contributed by atoms with van der Waals surface area (Å²) in [4.78, 5) is 2.50. The highest BCUT2D eigenvalue weighted by Gasteiger charge is 2.48. The molecule has 6 aromatic carbocycles. The second-order valence-corrected chi connectivity index (χ2v) is 12.2. The van der Waals surface area contributed by atoms with Crippen LogP contribution in [-0.2, 0) is 10.8 Å². The molecule has 188 valence electrons. The molecule has 6 aromatic rings. The van der Waals surface area contributed by atoms with Crippen molar-refractivity contribution in [3.05, 3.63) is 138 Å². The minimum absolute atomic E-state index is 0.127. The van der Waals surface area contributed by atoms with Crippen LogP contribution in [-0.4, -0.2) is 0 Å². The third-order valence-corrected chi connectivity index (χ3v) is 9.33. The highest BCUT2D eigenvalue weighted by molar-refractivity contribution is 6.16. The number of rotatable bonds is 3. The predicted octanol–water partition coefficient (Wildman–Crippen LogP) is 10.4. The van der Waals surface area contributed by atoms with Crippen LogP contribution in [0, 0.1) is 0 Å². The van der Waals surface area contributed by atoms with E-state index >= 15 is 0 Å². The molecular formula is C38H31N. The molecule has 2 aliphatic carbocycles. The molecule has 0 aliphatic heterocycles. The SMILES string of the molecule is CC1(C)c2ccc3cccc4c3c2-c2c1c(N(c1ccccc1)c1ccccc1)c1ccccc1c2C4(C)C. The van der Waals surface area contributed by atoms with Crippen molar-refractivity contribution in [3.8, 4) is 11.1 Å². The van der Waals surface area contributed by atoms with E-state index in [4.69, 9.17) is 0 Å². The molecule has 1 nitrogen and oxygen atoms in total. The highest BCUT2D eigenvalue weighted by Crippen LogP contribution is 2.64. The molecule has 0 bridgehead atoms. The summed E-state index contributed by atoms with van der Waals surface area (Å²) in [5, 5.41) is 5.43. The Balaban J connectivity index is 1.63. The van der Waals surface area contributed by atoms with Crippen molar-refractivity contribution in [2.45, 2.75) is 38.5 Å². The fourth-order valence-electron chi connectivity index (χ4n) is 7.67. The predicted molar refractivity (Wildman–Crippen MR) is 166 cm³/mol. The molecule has 0 saturated heterocycles. The highest BCUT2D eigenvalue weighted by atomic mass is 15.1. The number of anilines is 3. The number of fused-ring (bicyclic) bond motifs is 2. The third-order valence-electron chi connectivity index (χ3n) is 9.33. The van der Waals surface area contributed by atoms with Gasteiger partial charge >= 0.3 is 0 Å². The summed E-state index contributed by atoms with van der Waals surface area (Å²) >= 11 is 0. The largest absolute Gasteiger partial charge is 0.310 e. The topological polar surface area (TPSA) is 3.24 Å². The second-order valence-electron chi connectivity index (χ2n) is 12.2. The van der Waals surface area contributed by atoms with Crippen molar-refractivity contribution >= 4 is 38.6 Å². The fourth-order valence-corrected chi connectivity index (χ4v) is 7.67. The molecule has 2 aliphatic rings. The first-order valence-corrected chi connectivity index (χ1v) is 14.0. The maximum atomic E-state index is 2.50. The summed E-state index contributed by atoms with van der Waals surface area (Å²) < 4.78 is 0. The minimum Gasteiger partial charge on any atom is -0.310 e. The van der Waals surface area contributed by atoms with Crippen molar-refractivity contribution in [2.24, 2.45) is 0 Å². The van der Waals surface area contributed by atoms with Gasteiger partial charge in [0.05, 0.1) is 5.69 Å². The van der Waals surface area contributed by atoms with Crippen LogP contribution < -0.4 is 4.90 Å². The van der Waals surface area contributed by atoms with Gasteiger partial charge in [0.25, 0.3) is 0 Å². The van der Waals surface area contributed by atoms with Crippen LogP contribution in [0.3, 0.4) is 0 Å². The van der Waals surface area contributed by atoms with Crippen LogP contribution in [0.25, 0.3) is 32.7 Å². The fraction of sp³-hybridized carbons (Fsp3) is 0.158. The molecule has 0 fully saturated rings. The Hall–Kier alpha value is -4.36. The molecule has 39 heavy (non-hydrogen) atoms. The monoisotopic (exact) mass is 501 g/mol. The van der Waals surface area contributed by atoms with Gasteiger partial charge < -0.3 is 4.90 Å². The number of benzene rings is 6. The van der Waals surface area contributed by atoms with E-state index in [-0.39, 0.29) is 10.8 Å². The molecule has 0 spiro atoms. The number of para-hydroxylation sites is 2. The van der Waals surface area contributed by atoms with Gasteiger partial charge in [-0.1, -0.05) is 119 Å². The van der Waals surface area contributed by atoms with Gasteiger partial charge in [-0.3, -0.25) is 0 Å². The van der Waals surface area contributed by atoms with E-state index in [0.717, 1.165) is 0 Å². The van der Waals surface area contributed by atoms with Crippen molar-refractivity contribution in [2.75, 3.05) is 4.90 Å². The van der Waals surface area contributed by atoms with Gasteiger partial charge in [0.1, 0.15) is 0 Å². The summed E-state index contributed by atoms with van der Waals surface area (Å²) in [5.74, 6) is 0. The van der Waals surface area contributed by atoms with Gasteiger partial charge in [0.15, 0.2) is 0 Å². The van der Waals surface area contributed by atoms with Crippen molar-refractivity contribution in [1.29, 1.82) is 0 Å². The summed E-state index contributed by atoms with van der Waals surface area (Å²) in [6.07, 6.45) is 0. The molecule has 0 radical (unpaired) electrons. The standard InChI is InChI=1S/C38H31N/c1-37(2)29-21-13-14-24-22-23-30-32(31(24)29)33-34(37)27-19-11-12-20-28(27)36(35(33)38(30,3)4)39(25-15-7-5-8-16-25)26-17-9-6-10-18-26/h5-23H,1-4H3. The van der Waals surface area contributed by atoms with Crippen molar-refractivity contribution in [1.82, 2.24) is 0 Å². The van der Waals surface area contributed by atoms with Crippen molar-refractivity contribution < 1.29 is 0 Å². The van der Waals surface area contributed by atoms with Crippen LogP contribution in [0.2, 0.25) is 0 Å². The zero-order chi connectivity index (χ0) is 26.5. The van der Waals surface area contributed by atoms with E-state index in [1.54, 1.807) is 0 Å². The Morgan fingerprint density at radius 1 is 0.462 bits per heavy atom.